The number of carbonyl (C=O) groups excluding carboxylic acids is 1. The van der Waals surface area contributed by atoms with Crippen LogP contribution in [0.3, 0.4) is 0 Å². The molecule has 1 saturated heterocycles. The molecular formula is C17H15F3N2O. The minimum absolute atomic E-state index is 0.237. The second-order valence-corrected chi connectivity index (χ2v) is 5.63. The second kappa shape index (κ2) is 5.38. The Morgan fingerprint density at radius 2 is 1.57 bits per heavy atom. The molecule has 0 saturated carbocycles. The Labute approximate surface area is 131 Å². The van der Waals surface area contributed by atoms with Gasteiger partial charge in [-0.05, 0) is 36.8 Å². The number of nitrogens with zero attached hydrogens (tertiary/aromatic N) is 1. The summed E-state index contributed by atoms with van der Waals surface area (Å²) in [6, 6.07) is 10.9. The quantitative estimate of drug-likeness (QED) is 0.862. The third-order valence-corrected chi connectivity index (χ3v) is 4.03. The van der Waals surface area contributed by atoms with Crippen molar-refractivity contribution in [2.45, 2.75) is 25.2 Å². The Kier molecular flexibility index (Phi) is 3.64. The van der Waals surface area contributed by atoms with E-state index in [1.165, 1.54) is 17.0 Å². The van der Waals surface area contributed by atoms with Crippen LogP contribution in [0.1, 0.15) is 22.7 Å². The predicted molar refractivity (Wildman–Crippen MR) is 80.8 cm³/mol. The van der Waals surface area contributed by atoms with Gasteiger partial charge in [0.2, 0.25) is 5.91 Å². The van der Waals surface area contributed by atoms with Crippen molar-refractivity contribution in [2.24, 2.45) is 5.73 Å². The summed E-state index contributed by atoms with van der Waals surface area (Å²) in [4.78, 5) is 13.6. The number of benzene rings is 2. The van der Waals surface area contributed by atoms with Gasteiger partial charge in [0.25, 0.3) is 0 Å². The highest BCUT2D eigenvalue weighted by atomic mass is 19.4. The van der Waals surface area contributed by atoms with Gasteiger partial charge in [-0.15, -0.1) is 0 Å². The van der Waals surface area contributed by atoms with Crippen molar-refractivity contribution >= 4 is 11.6 Å². The Morgan fingerprint density at radius 1 is 1.00 bits per heavy atom. The molecule has 0 unspecified atom stereocenters. The number of hydrogen-bond donors (Lipinski definition) is 1. The van der Waals surface area contributed by atoms with E-state index in [1.54, 1.807) is 12.1 Å². The summed E-state index contributed by atoms with van der Waals surface area (Å²) in [5.41, 5.74) is 7.47. The zero-order chi connectivity index (χ0) is 16.8. The number of amides is 1. The summed E-state index contributed by atoms with van der Waals surface area (Å²) in [6.45, 7) is 1.93. The van der Waals surface area contributed by atoms with Gasteiger partial charge in [-0.25, -0.2) is 0 Å². The number of halogens is 3. The molecule has 2 aromatic rings. The first-order chi connectivity index (χ1) is 10.8. The van der Waals surface area contributed by atoms with Crippen LogP contribution in [-0.2, 0) is 11.0 Å². The van der Waals surface area contributed by atoms with Crippen LogP contribution in [0.25, 0.3) is 0 Å². The first kappa shape index (κ1) is 15.6. The lowest BCUT2D eigenvalue weighted by atomic mass is 9.88. The van der Waals surface area contributed by atoms with Gasteiger partial charge in [0.15, 0.2) is 0 Å². The molecule has 3 nitrogen and oxygen atoms in total. The fourth-order valence-electron chi connectivity index (χ4n) is 2.73. The standard InChI is InChI=1S/C17H15F3N2O/c1-10-2-8-13(9-3-10)22-15(14(21)16(22)23)11-4-6-12(7-5-11)17(18,19)20/h2-9,14-15H,21H2,1H3/t14-,15+/m0/s1. The number of hydrogen-bond acceptors (Lipinski definition) is 2. The van der Waals surface area contributed by atoms with Crippen molar-refractivity contribution < 1.29 is 18.0 Å². The molecule has 120 valence electrons. The van der Waals surface area contributed by atoms with Gasteiger partial charge >= 0.3 is 6.18 Å². The Hall–Kier alpha value is -2.34. The minimum atomic E-state index is -4.38. The molecule has 0 bridgehead atoms. The second-order valence-electron chi connectivity index (χ2n) is 5.63. The number of anilines is 1. The zero-order valence-electron chi connectivity index (χ0n) is 12.3. The van der Waals surface area contributed by atoms with E-state index in [-0.39, 0.29) is 5.91 Å². The average Bonchev–Trinajstić information content (AvgIpc) is 2.52. The Balaban J connectivity index is 1.91. The van der Waals surface area contributed by atoms with Gasteiger partial charge in [0.1, 0.15) is 6.04 Å². The van der Waals surface area contributed by atoms with Crippen molar-refractivity contribution in [3.8, 4) is 0 Å². The number of aryl methyl sites for hydroxylation is 1. The molecule has 1 aliphatic heterocycles. The summed E-state index contributed by atoms with van der Waals surface area (Å²) in [6.07, 6.45) is -4.38. The summed E-state index contributed by atoms with van der Waals surface area (Å²) in [5.74, 6) is -0.237. The highest BCUT2D eigenvalue weighted by Gasteiger charge is 2.46. The van der Waals surface area contributed by atoms with Crippen molar-refractivity contribution in [1.29, 1.82) is 0 Å². The van der Waals surface area contributed by atoms with Crippen LogP contribution >= 0.6 is 0 Å². The molecule has 0 radical (unpaired) electrons. The number of nitrogens with two attached hydrogens (primary N) is 1. The van der Waals surface area contributed by atoms with Crippen molar-refractivity contribution in [3.05, 3.63) is 65.2 Å². The van der Waals surface area contributed by atoms with Crippen molar-refractivity contribution in [3.63, 3.8) is 0 Å². The normalized spacial score (nSPS) is 21.3. The van der Waals surface area contributed by atoms with Crippen molar-refractivity contribution in [1.82, 2.24) is 0 Å². The van der Waals surface area contributed by atoms with Gasteiger partial charge in [0, 0.05) is 5.69 Å². The van der Waals surface area contributed by atoms with Crippen LogP contribution in [0.2, 0.25) is 0 Å². The molecule has 0 aliphatic carbocycles. The van der Waals surface area contributed by atoms with Crippen LogP contribution < -0.4 is 10.6 Å². The highest BCUT2D eigenvalue weighted by Crippen LogP contribution is 2.39. The van der Waals surface area contributed by atoms with Crippen LogP contribution in [0.15, 0.2) is 48.5 Å². The van der Waals surface area contributed by atoms with Crippen molar-refractivity contribution in [2.75, 3.05) is 4.90 Å². The van der Waals surface area contributed by atoms with E-state index in [1.807, 2.05) is 19.1 Å². The molecular weight excluding hydrogens is 305 g/mol. The monoisotopic (exact) mass is 320 g/mol. The maximum absolute atomic E-state index is 12.6. The molecule has 1 aliphatic rings. The molecule has 1 amide bonds. The van der Waals surface area contributed by atoms with E-state index < -0.39 is 23.8 Å². The zero-order valence-corrected chi connectivity index (χ0v) is 12.3. The SMILES string of the molecule is Cc1ccc(N2C(=O)[C@@H](N)[C@H]2c2ccc(C(F)(F)F)cc2)cc1. The van der Waals surface area contributed by atoms with E-state index in [0.717, 1.165) is 17.7 Å². The molecule has 6 heteroatoms. The molecule has 0 aromatic heterocycles. The van der Waals surface area contributed by atoms with Crippen LogP contribution in [0.5, 0.6) is 0 Å². The van der Waals surface area contributed by atoms with Crippen LogP contribution in [0, 0.1) is 6.92 Å². The van der Waals surface area contributed by atoms with Gasteiger partial charge in [0.05, 0.1) is 11.6 Å². The highest BCUT2D eigenvalue weighted by molar-refractivity contribution is 6.05. The van der Waals surface area contributed by atoms with E-state index >= 15 is 0 Å². The first-order valence-electron chi connectivity index (χ1n) is 7.11. The summed E-state index contributed by atoms with van der Waals surface area (Å²) in [5, 5.41) is 0. The summed E-state index contributed by atoms with van der Waals surface area (Å²) in [7, 11) is 0. The molecule has 0 spiro atoms. The fraction of sp³-hybridized carbons (Fsp3) is 0.235. The fourth-order valence-corrected chi connectivity index (χ4v) is 2.73. The topological polar surface area (TPSA) is 46.3 Å². The maximum atomic E-state index is 12.6. The van der Waals surface area contributed by atoms with Gasteiger partial charge in [-0.1, -0.05) is 29.8 Å². The lowest BCUT2D eigenvalue weighted by Crippen LogP contribution is -2.63. The van der Waals surface area contributed by atoms with E-state index in [0.29, 0.717) is 11.3 Å². The number of rotatable bonds is 2. The van der Waals surface area contributed by atoms with Gasteiger partial charge < -0.3 is 10.6 Å². The van der Waals surface area contributed by atoms with E-state index in [4.69, 9.17) is 5.73 Å². The lowest BCUT2D eigenvalue weighted by Gasteiger charge is -2.45. The predicted octanol–water partition coefficient (Wildman–Crippen LogP) is 3.43. The minimum Gasteiger partial charge on any atom is -0.318 e. The van der Waals surface area contributed by atoms with E-state index in [9.17, 15) is 18.0 Å². The summed E-state index contributed by atoms with van der Waals surface area (Å²) >= 11 is 0. The summed E-state index contributed by atoms with van der Waals surface area (Å²) < 4.78 is 37.9. The third kappa shape index (κ3) is 2.70. The Morgan fingerprint density at radius 3 is 2.09 bits per heavy atom. The van der Waals surface area contributed by atoms with Crippen LogP contribution in [-0.4, -0.2) is 11.9 Å². The average molecular weight is 320 g/mol. The molecule has 2 N–H and O–H groups in total. The molecule has 1 fully saturated rings. The molecule has 2 atom stereocenters. The van der Waals surface area contributed by atoms with Gasteiger partial charge in [-0.2, -0.15) is 13.2 Å². The smallest absolute Gasteiger partial charge is 0.318 e. The first-order valence-corrected chi connectivity index (χ1v) is 7.11. The number of alkyl halides is 3. The molecule has 2 aromatic carbocycles. The van der Waals surface area contributed by atoms with Crippen LogP contribution in [0.4, 0.5) is 18.9 Å². The Bertz CT molecular complexity index is 723. The maximum Gasteiger partial charge on any atom is 0.416 e. The molecule has 23 heavy (non-hydrogen) atoms. The lowest BCUT2D eigenvalue weighted by molar-refractivity contribution is -0.137. The van der Waals surface area contributed by atoms with E-state index in [2.05, 4.69) is 0 Å². The number of carbonyl (C=O) groups is 1. The third-order valence-electron chi connectivity index (χ3n) is 4.03. The largest absolute Gasteiger partial charge is 0.416 e. The molecule has 3 rings (SSSR count). The van der Waals surface area contributed by atoms with Gasteiger partial charge in [-0.3, -0.25) is 4.79 Å². The number of β-lactam (4-membered cyclic amide) rings is 1. The molecule has 1 heterocycles.